The topological polar surface area (TPSA) is 59.4 Å². The van der Waals surface area contributed by atoms with Crippen molar-refractivity contribution in [2.75, 3.05) is 6.61 Å². The number of ether oxygens (including phenoxy) is 1. The van der Waals surface area contributed by atoms with Crippen molar-refractivity contribution in [1.82, 2.24) is 4.98 Å². The lowest BCUT2D eigenvalue weighted by Gasteiger charge is -2.08. The second-order valence-corrected chi connectivity index (χ2v) is 8.72. The molecule has 1 N–H and O–H groups in total. The molecule has 0 amide bonds. The number of hydrogen-bond donors (Lipinski definition) is 1. The number of halogens is 2. The summed E-state index contributed by atoms with van der Waals surface area (Å²) in [5.41, 5.74) is 1.30. The van der Waals surface area contributed by atoms with Gasteiger partial charge in [-0.1, -0.05) is 41.4 Å². The number of carbonyl (C=O) groups is 1. The molecule has 3 aromatic rings. The largest absolute Gasteiger partial charge is 0.486 e. The molecule has 0 unspecified atom stereocenters. The van der Waals surface area contributed by atoms with E-state index in [1.807, 2.05) is 29.6 Å². The van der Waals surface area contributed by atoms with E-state index in [2.05, 4.69) is 4.98 Å². The zero-order valence-corrected chi connectivity index (χ0v) is 18.3. The number of aliphatic carboxylic acids is 1. The molecule has 0 saturated carbocycles. The Morgan fingerprint density at radius 2 is 1.90 bits per heavy atom. The highest BCUT2D eigenvalue weighted by atomic mass is 35.5. The van der Waals surface area contributed by atoms with Gasteiger partial charge in [0.05, 0.1) is 28.0 Å². The maximum absolute atomic E-state index is 11.5. The summed E-state index contributed by atoms with van der Waals surface area (Å²) in [6.07, 6.45) is 2.10. The predicted molar refractivity (Wildman–Crippen MR) is 120 cm³/mol. The van der Waals surface area contributed by atoms with E-state index in [0.717, 1.165) is 15.5 Å². The van der Waals surface area contributed by atoms with Gasteiger partial charge in [0.25, 0.3) is 0 Å². The summed E-state index contributed by atoms with van der Waals surface area (Å²) in [5, 5.41) is 12.6. The SMILES string of the molecule is O=C(O)/C(=C\c1cccc(CSc2c(Cl)cccc2Cl)n1)OCCc1cccs1. The summed E-state index contributed by atoms with van der Waals surface area (Å²) in [7, 11) is 0. The first kappa shape index (κ1) is 21.7. The number of hydrogen-bond acceptors (Lipinski definition) is 5. The smallest absolute Gasteiger partial charge is 0.371 e. The van der Waals surface area contributed by atoms with Gasteiger partial charge in [-0.3, -0.25) is 4.98 Å². The fourth-order valence-corrected chi connectivity index (χ4v) is 4.72. The molecular formula is C21H17Cl2NO3S2. The van der Waals surface area contributed by atoms with Gasteiger partial charge in [-0.15, -0.1) is 23.1 Å². The molecular weight excluding hydrogens is 449 g/mol. The lowest BCUT2D eigenvalue weighted by molar-refractivity contribution is -0.136. The van der Waals surface area contributed by atoms with Crippen LogP contribution in [0, 0.1) is 0 Å². The third-order valence-corrected chi connectivity index (χ3v) is 6.75. The summed E-state index contributed by atoms with van der Waals surface area (Å²) < 4.78 is 5.47. The molecule has 150 valence electrons. The highest BCUT2D eigenvalue weighted by molar-refractivity contribution is 7.98. The van der Waals surface area contributed by atoms with Crippen molar-refractivity contribution in [3.05, 3.63) is 86.0 Å². The van der Waals surface area contributed by atoms with Gasteiger partial charge in [0.2, 0.25) is 5.76 Å². The molecule has 2 heterocycles. The summed E-state index contributed by atoms with van der Waals surface area (Å²) in [6.45, 7) is 0.291. The molecule has 0 spiro atoms. The molecule has 2 aromatic heterocycles. The lowest BCUT2D eigenvalue weighted by Crippen LogP contribution is -2.07. The Kier molecular flexibility index (Phi) is 8.00. The van der Waals surface area contributed by atoms with E-state index < -0.39 is 5.97 Å². The van der Waals surface area contributed by atoms with Crippen LogP contribution in [-0.4, -0.2) is 22.7 Å². The molecule has 0 aliphatic rings. The minimum atomic E-state index is -1.12. The van der Waals surface area contributed by atoms with Crippen LogP contribution in [0.25, 0.3) is 6.08 Å². The quantitative estimate of drug-likeness (QED) is 0.224. The molecule has 0 fully saturated rings. The van der Waals surface area contributed by atoms with E-state index in [-0.39, 0.29) is 5.76 Å². The van der Waals surface area contributed by atoms with Crippen LogP contribution in [0.2, 0.25) is 10.0 Å². The Hall–Kier alpha value is -1.99. The average molecular weight is 466 g/mol. The number of thiophene rings is 1. The van der Waals surface area contributed by atoms with Crippen LogP contribution in [-0.2, 0) is 21.7 Å². The number of carboxylic acids is 1. The Morgan fingerprint density at radius 3 is 2.59 bits per heavy atom. The summed E-state index contributed by atoms with van der Waals surface area (Å²) >= 11 is 15.5. The first-order valence-corrected chi connectivity index (χ1v) is 11.3. The molecule has 0 radical (unpaired) electrons. The Labute approximate surface area is 187 Å². The standard InChI is InChI=1S/C21H17Cl2NO3S2/c22-17-7-2-8-18(23)20(17)29-13-15-5-1-4-14(24-15)12-19(21(25)26)27-10-9-16-6-3-11-28-16/h1-8,11-12H,9-10,13H2,(H,25,26)/b19-12+. The number of carboxylic acid groups (broad SMARTS) is 1. The number of aromatic nitrogens is 1. The van der Waals surface area contributed by atoms with Crippen molar-refractivity contribution in [2.24, 2.45) is 0 Å². The van der Waals surface area contributed by atoms with Crippen LogP contribution in [0.3, 0.4) is 0 Å². The van der Waals surface area contributed by atoms with E-state index in [1.165, 1.54) is 17.8 Å². The zero-order valence-electron chi connectivity index (χ0n) is 15.2. The number of nitrogens with zero attached hydrogens (tertiary/aromatic N) is 1. The zero-order chi connectivity index (χ0) is 20.6. The molecule has 0 aliphatic heterocycles. The van der Waals surface area contributed by atoms with Crippen LogP contribution in [0.1, 0.15) is 16.3 Å². The lowest BCUT2D eigenvalue weighted by atomic mass is 10.3. The highest BCUT2D eigenvalue weighted by Crippen LogP contribution is 2.35. The number of pyridine rings is 1. The van der Waals surface area contributed by atoms with Gasteiger partial charge in [-0.05, 0) is 35.7 Å². The Balaban J connectivity index is 1.66. The van der Waals surface area contributed by atoms with Gasteiger partial charge < -0.3 is 9.84 Å². The monoisotopic (exact) mass is 465 g/mol. The Morgan fingerprint density at radius 1 is 1.14 bits per heavy atom. The molecule has 8 heteroatoms. The molecule has 4 nitrogen and oxygen atoms in total. The highest BCUT2D eigenvalue weighted by Gasteiger charge is 2.11. The van der Waals surface area contributed by atoms with Crippen LogP contribution in [0.15, 0.2) is 64.6 Å². The van der Waals surface area contributed by atoms with Crippen molar-refractivity contribution >= 4 is 58.3 Å². The molecule has 3 rings (SSSR count). The number of thioether (sulfide) groups is 1. The summed E-state index contributed by atoms with van der Waals surface area (Å²) in [6, 6.07) is 14.8. The minimum Gasteiger partial charge on any atom is -0.486 e. The van der Waals surface area contributed by atoms with Crippen molar-refractivity contribution in [1.29, 1.82) is 0 Å². The molecule has 29 heavy (non-hydrogen) atoms. The van der Waals surface area contributed by atoms with Crippen molar-refractivity contribution in [3.63, 3.8) is 0 Å². The fourth-order valence-electron chi connectivity index (χ4n) is 2.44. The van der Waals surface area contributed by atoms with Gasteiger partial charge in [0.1, 0.15) is 0 Å². The van der Waals surface area contributed by atoms with Crippen molar-refractivity contribution in [2.45, 2.75) is 17.1 Å². The minimum absolute atomic E-state index is 0.131. The van der Waals surface area contributed by atoms with Gasteiger partial charge in [0.15, 0.2) is 0 Å². The van der Waals surface area contributed by atoms with Gasteiger partial charge >= 0.3 is 5.97 Å². The fraction of sp³-hybridized carbons (Fsp3) is 0.143. The second kappa shape index (κ2) is 10.7. The summed E-state index contributed by atoms with van der Waals surface area (Å²) in [4.78, 5) is 18.0. The molecule has 0 aliphatic carbocycles. The molecule has 0 bridgehead atoms. The average Bonchev–Trinajstić information content (AvgIpc) is 3.20. The summed E-state index contributed by atoms with van der Waals surface area (Å²) in [5.74, 6) is -0.708. The van der Waals surface area contributed by atoms with E-state index in [9.17, 15) is 9.90 Å². The third-order valence-electron chi connectivity index (χ3n) is 3.79. The van der Waals surface area contributed by atoms with Gasteiger partial charge in [-0.2, -0.15) is 0 Å². The van der Waals surface area contributed by atoms with E-state index >= 15 is 0 Å². The van der Waals surface area contributed by atoms with Gasteiger partial charge in [0, 0.05) is 28.0 Å². The first-order valence-electron chi connectivity index (χ1n) is 8.66. The second-order valence-electron chi connectivity index (χ2n) is 5.88. The van der Waals surface area contributed by atoms with Crippen LogP contribution in [0.4, 0.5) is 0 Å². The first-order chi connectivity index (χ1) is 14.0. The van der Waals surface area contributed by atoms with E-state index in [4.69, 9.17) is 27.9 Å². The van der Waals surface area contributed by atoms with Gasteiger partial charge in [-0.25, -0.2) is 4.79 Å². The normalized spacial score (nSPS) is 11.4. The number of rotatable bonds is 9. The van der Waals surface area contributed by atoms with E-state index in [1.54, 1.807) is 35.6 Å². The molecule has 0 saturated heterocycles. The van der Waals surface area contributed by atoms with Crippen molar-refractivity contribution < 1.29 is 14.6 Å². The predicted octanol–water partition coefficient (Wildman–Crippen LogP) is 6.43. The molecule has 0 atom stereocenters. The van der Waals surface area contributed by atoms with E-state index in [0.29, 0.717) is 34.5 Å². The maximum atomic E-state index is 11.5. The van der Waals surface area contributed by atoms with Crippen molar-refractivity contribution in [3.8, 4) is 0 Å². The number of benzene rings is 1. The van der Waals surface area contributed by atoms with Crippen LogP contribution in [0.5, 0.6) is 0 Å². The Bertz CT molecular complexity index is 987. The maximum Gasteiger partial charge on any atom is 0.371 e. The van der Waals surface area contributed by atoms with Crippen LogP contribution >= 0.6 is 46.3 Å². The third kappa shape index (κ3) is 6.51. The van der Waals surface area contributed by atoms with Crippen LogP contribution < -0.4 is 0 Å². The molecule has 1 aromatic carbocycles.